The second kappa shape index (κ2) is 4.19. The second-order valence-corrected chi connectivity index (χ2v) is 2.59. The number of hydrogen-bond donors (Lipinski definition) is 1. The van der Waals surface area contributed by atoms with Gasteiger partial charge in [0.05, 0.1) is 0 Å². The van der Waals surface area contributed by atoms with E-state index < -0.39 is 0 Å². The van der Waals surface area contributed by atoms with Gasteiger partial charge in [-0.25, -0.2) is 0 Å². The van der Waals surface area contributed by atoms with Crippen LogP contribution in [0.1, 0.15) is 10.4 Å². The molecule has 3 N–H and O–H groups in total. The van der Waals surface area contributed by atoms with E-state index in [-0.39, 0.29) is 6.15 Å². The zero-order chi connectivity index (χ0) is 6.69. The Morgan fingerprint density at radius 1 is 1.20 bits per heavy atom. The van der Waals surface area contributed by atoms with Crippen molar-refractivity contribution in [3.05, 3.63) is 34.3 Å². The molecule has 0 saturated heterocycles. The van der Waals surface area contributed by atoms with Crippen LogP contribution in [0.4, 0.5) is 0 Å². The van der Waals surface area contributed by atoms with Gasteiger partial charge in [0.15, 0.2) is 0 Å². The molecular weight excluding hydrogens is 194 g/mol. The fourth-order valence-corrected chi connectivity index (χ4v) is 0.806. The zero-order valence-electron chi connectivity index (χ0n) is 5.38. The van der Waals surface area contributed by atoms with E-state index in [4.69, 9.17) is 0 Å². The lowest BCUT2D eigenvalue weighted by atomic mass is 10.2. The van der Waals surface area contributed by atoms with Gasteiger partial charge in [-0.15, -0.1) is 0 Å². The maximum Gasteiger partial charge on any atom is 0.150 e. The first-order valence-corrected chi connectivity index (χ1v) is 3.33. The summed E-state index contributed by atoms with van der Waals surface area (Å²) < 4.78 is 0.994. The van der Waals surface area contributed by atoms with Gasteiger partial charge in [-0.1, -0.05) is 28.1 Å². The summed E-state index contributed by atoms with van der Waals surface area (Å²) in [7, 11) is 0. The average Bonchev–Trinajstić information content (AvgIpc) is 1.90. The van der Waals surface area contributed by atoms with Crippen LogP contribution in [0, 0.1) is 0 Å². The minimum atomic E-state index is 0. The third-order valence-electron chi connectivity index (χ3n) is 1.01. The Balaban J connectivity index is 0.000000810. The number of carbonyl (C=O) groups excluding carboxylic acids is 1. The summed E-state index contributed by atoms with van der Waals surface area (Å²) >= 11 is 3.26. The molecule has 0 amide bonds. The van der Waals surface area contributed by atoms with Gasteiger partial charge < -0.3 is 6.15 Å². The van der Waals surface area contributed by atoms with E-state index in [1.54, 1.807) is 12.1 Å². The Bertz CT molecular complexity index is 207. The van der Waals surface area contributed by atoms with E-state index >= 15 is 0 Å². The third-order valence-corrected chi connectivity index (χ3v) is 1.53. The van der Waals surface area contributed by atoms with Crippen molar-refractivity contribution in [3.63, 3.8) is 0 Å². The molecule has 2 nitrogen and oxygen atoms in total. The van der Waals surface area contributed by atoms with Gasteiger partial charge in [0.2, 0.25) is 0 Å². The molecule has 0 heterocycles. The lowest BCUT2D eigenvalue weighted by Gasteiger charge is -1.87. The molecule has 0 saturated carbocycles. The largest absolute Gasteiger partial charge is 0.344 e. The van der Waals surface area contributed by atoms with Crippen LogP contribution in [-0.2, 0) is 0 Å². The van der Waals surface area contributed by atoms with Crippen LogP contribution in [0.25, 0.3) is 0 Å². The van der Waals surface area contributed by atoms with Crippen molar-refractivity contribution in [1.82, 2.24) is 6.15 Å². The molecule has 0 bridgehead atoms. The van der Waals surface area contributed by atoms with E-state index in [1.807, 2.05) is 12.1 Å². The van der Waals surface area contributed by atoms with Gasteiger partial charge >= 0.3 is 0 Å². The van der Waals surface area contributed by atoms with Crippen molar-refractivity contribution in [2.45, 2.75) is 0 Å². The van der Waals surface area contributed by atoms with Gasteiger partial charge in [0.1, 0.15) is 6.29 Å². The van der Waals surface area contributed by atoms with Crippen molar-refractivity contribution in [1.29, 1.82) is 0 Å². The molecular formula is C7H8BrNO. The van der Waals surface area contributed by atoms with Crippen molar-refractivity contribution in [3.8, 4) is 0 Å². The molecule has 3 heteroatoms. The second-order valence-electron chi connectivity index (χ2n) is 1.67. The maximum absolute atomic E-state index is 10.1. The molecule has 0 aromatic heterocycles. The lowest BCUT2D eigenvalue weighted by molar-refractivity contribution is 0.112. The molecule has 0 spiro atoms. The van der Waals surface area contributed by atoms with Crippen LogP contribution in [-0.4, -0.2) is 6.29 Å². The zero-order valence-corrected chi connectivity index (χ0v) is 6.97. The normalized spacial score (nSPS) is 8.10. The summed E-state index contributed by atoms with van der Waals surface area (Å²) in [6.07, 6.45) is 0.826. The lowest BCUT2D eigenvalue weighted by Crippen LogP contribution is -1.75. The number of aldehydes is 1. The minimum absolute atomic E-state index is 0. The highest BCUT2D eigenvalue weighted by molar-refractivity contribution is 9.10. The summed E-state index contributed by atoms with van der Waals surface area (Å²) in [6, 6.07) is 7.20. The van der Waals surface area contributed by atoms with Gasteiger partial charge in [-0.2, -0.15) is 0 Å². The Morgan fingerprint density at radius 2 is 1.70 bits per heavy atom. The van der Waals surface area contributed by atoms with Crippen LogP contribution < -0.4 is 6.15 Å². The van der Waals surface area contributed by atoms with E-state index in [9.17, 15) is 4.79 Å². The van der Waals surface area contributed by atoms with E-state index in [0.717, 1.165) is 10.8 Å². The Hall–Kier alpha value is -0.670. The molecule has 1 aromatic rings. The minimum Gasteiger partial charge on any atom is -0.344 e. The summed E-state index contributed by atoms with van der Waals surface area (Å²) in [6.45, 7) is 0. The van der Waals surface area contributed by atoms with Crippen molar-refractivity contribution in [2.24, 2.45) is 0 Å². The Labute approximate surface area is 68.0 Å². The van der Waals surface area contributed by atoms with Crippen molar-refractivity contribution >= 4 is 22.2 Å². The van der Waals surface area contributed by atoms with Gasteiger partial charge in [0, 0.05) is 10.0 Å². The first kappa shape index (κ1) is 9.33. The molecule has 10 heavy (non-hydrogen) atoms. The van der Waals surface area contributed by atoms with E-state index in [2.05, 4.69) is 15.9 Å². The fraction of sp³-hybridized carbons (Fsp3) is 0. The molecule has 1 aromatic carbocycles. The van der Waals surface area contributed by atoms with Crippen LogP contribution in [0.3, 0.4) is 0 Å². The molecule has 0 aliphatic carbocycles. The van der Waals surface area contributed by atoms with Crippen LogP contribution in [0.2, 0.25) is 0 Å². The SMILES string of the molecule is N.O=Cc1ccc(Br)cc1. The summed E-state index contributed by atoms with van der Waals surface area (Å²) in [5, 5.41) is 0. The summed E-state index contributed by atoms with van der Waals surface area (Å²) in [5.74, 6) is 0. The Kier molecular flexibility index (Phi) is 3.91. The Morgan fingerprint density at radius 3 is 2.10 bits per heavy atom. The molecule has 54 valence electrons. The number of carbonyl (C=O) groups is 1. The van der Waals surface area contributed by atoms with Gasteiger partial charge in [-0.05, 0) is 12.1 Å². The van der Waals surface area contributed by atoms with Gasteiger partial charge in [0.25, 0.3) is 0 Å². The monoisotopic (exact) mass is 201 g/mol. The predicted octanol–water partition coefficient (Wildman–Crippen LogP) is 2.42. The molecule has 0 unspecified atom stereocenters. The smallest absolute Gasteiger partial charge is 0.150 e. The van der Waals surface area contributed by atoms with Crippen LogP contribution >= 0.6 is 15.9 Å². The molecule has 0 aliphatic heterocycles. The summed E-state index contributed by atoms with van der Waals surface area (Å²) in [5.41, 5.74) is 0.707. The quantitative estimate of drug-likeness (QED) is 0.711. The molecule has 1 rings (SSSR count). The standard InChI is InChI=1S/C7H5BrO.H3N/c8-7-3-1-6(5-9)2-4-7;/h1-5H;1H3. The highest BCUT2D eigenvalue weighted by Gasteiger charge is 1.86. The average molecular weight is 202 g/mol. The number of rotatable bonds is 1. The van der Waals surface area contributed by atoms with Crippen LogP contribution in [0.5, 0.6) is 0 Å². The maximum atomic E-state index is 10.1. The third kappa shape index (κ3) is 2.29. The van der Waals surface area contributed by atoms with Crippen molar-refractivity contribution in [2.75, 3.05) is 0 Å². The summed E-state index contributed by atoms with van der Waals surface area (Å²) in [4.78, 5) is 10.1. The highest BCUT2D eigenvalue weighted by atomic mass is 79.9. The molecule has 0 fully saturated rings. The first-order valence-electron chi connectivity index (χ1n) is 2.53. The van der Waals surface area contributed by atoms with Gasteiger partial charge in [-0.3, -0.25) is 4.79 Å². The van der Waals surface area contributed by atoms with E-state index in [1.165, 1.54) is 0 Å². The predicted molar refractivity (Wildman–Crippen MR) is 44.6 cm³/mol. The number of benzene rings is 1. The molecule has 0 atom stereocenters. The molecule has 0 aliphatic rings. The number of hydrogen-bond acceptors (Lipinski definition) is 2. The molecule has 0 radical (unpaired) electrons. The van der Waals surface area contributed by atoms with E-state index in [0.29, 0.717) is 5.56 Å². The number of halogens is 1. The van der Waals surface area contributed by atoms with Crippen LogP contribution in [0.15, 0.2) is 28.7 Å². The van der Waals surface area contributed by atoms with Crippen molar-refractivity contribution < 1.29 is 4.79 Å². The fourth-order valence-electron chi connectivity index (χ4n) is 0.541. The highest BCUT2D eigenvalue weighted by Crippen LogP contribution is 2.08. The first-order chi connectivity index (χ1) is 4.33. The topological polar surface area (TPSA) is 52.1 Å².